The Kier molecular flexibility index (Phi) is 7.09. The van der Waals surface area contributed by atoms with Gasteiger partial charge < -0.3 is 15.2 Å². The number of likely N-dealkylation sites (N-methyl/N-ethyl adjacent to an activating group) is 1. The molecule has 0 spiro atoms. The minimum absolute atomic E-state index is 0.441. The highest BCUT2D eigenvalue weighted by atomic mass is 16.5. The molecule has 1 aliphatic carbocycles. The van der Waals surface area contributed by atoms with E-state index < -0.39 is 5.60 Å². The molecule has 1 saturated carbocycles. The highest BCUT2D eigenvalue weighted by molar-refractivity contribution is 4.75. The van der Waals surface area contributed by atoms with Crippen LogP contribution in [0.1, 0.15) is 52.4 Å². The molecule has 0 heterocycles. The second-order valence-corrected chi connectivity index (χ2v) is 5.65. The lowest BCUT2D eigenvalue weighted by molar-refractivity contribution is -0.0417. The number of ether oxygens (including phenoxy) is 1. The van der Waals surface area contributed by atoms with E-state index in [9.17, 15) is 5.11 Å². The van der Waals surface area contributed by atoms with Crippen molar-refractivity contribution in [1.29, 1.82) is 0 Å². The second-order valence-electron chi connectivity index (χ2n) is 5.65. The summed E-state index contributed by atoms with van der Waals surface area (Å²) >= 11 is 0. The molecule has 2 N–H and O–H groups in total. The smallest absolute Gasteiger partial charge is 0.0975 e. The maximum absolute atomic E-state index is 10.0. The molecule has 1 rings (SSSR count). The largest absolute Gasteiger partial charge is 0.386 e. The fourth-order valence-corrected chi connectivity index (χ4v) is 2.42. The molecule has 0 saturated heterocycles. The monoisotopic (exact) mass is 243 g/mol. The fourth-order valence-electron chi connectivity index (χ4n) is 2.42. The van der Waals surface area contributed by atoms with E-state index in [4.69, 9.17) is 4.74 Å². The van der Waals surface area contributed by atoms with Gasteiger partial charge in [-0.15, -0.1) is 0 Å². The first kappa shape index (κ1) is 14.9. The predicted octanol–water partition coefficient (Wildman–Crippen LogP) is 2.33. The van der Waals surface area contributed by atoms with Gasteiger partial charge >= 0.3 is 0 Å². The van der Waals surface area contributed by atoms with Gasteiger partial charge in [-0.1, -0.05) is 32.6 Å². The summed E-state index contributed by atoms with van der Waals surface area (Å²) in [7, 11) is 0. The Hall–Kier alpha value is -0.120. The zero-order chi connectivity index (χ0) is 12.6. The highest BCUT2D eigenvalue weighted by Gasteiger charge is 2.21. The van der Waals surface area contributed by atoms with Crippen LogP contribution in [0, 0.1) is 5.92 Å². The average molecular weight is 243 g/mol. The summed E-state index contributed by atoms with van der Waals surface area (Å²) in [5.41, 5.74) is -0.735. The van der Waals surface area contributed by atoms with Crippen molar-refractivity contribution in [3.05, 3.63) is 0 Å². The molecule has 1 unspecified atom stereocenters. The van der Waals surface area contributed by atoms with Gasteiger partial charge in [0, 0.05) is 13.2 Å². The van der Waals surface area contributed by atoms with Crippen LogP contribution in [0.5, 0.6) is 0 Å². The first-order chi connectivity index (χ1) is 8.14. The Morgan fingerprint density at radius 2 is 1.88 bits per heavy atom. The van der Waals surface area contributed by atoms with E-state index in [0.717, 1.165) is 13.2 Å². The summed E-state index contributed by atoms with van der Waals surface area (Å²) < 4.78 is 5.70. The lowest BCUT2D eigenvalue weighted by Gasteiger charge is -2.24. The van der Waals surface area contributed by atoms with Gasteiger partial charge in [-0.05, 0) is 32.2 Å². The van der Waals surface area contributed by atoms with Gasteiger partial charge in [-0.3, -0.25) is 0 Å². The van der Waals surface area contributed by atoms with E-state index in [1.54, 1.807) is 0 Å². The molecule has 0 aromatic rings. The molecule has 0 aliphatic heterocycles. The molecular formula is C14H29NO2. The van der Waals surface area contributed by atoms with E-state index in [-0.39, 0.29) is 0 Å². The third-order valence-corrected chi connectivity index (χ3v) is 3.50. The van der Waals surface area contributed by atoms with Crippen molar-refractivity contribution in [1.82, 2.24) is 5.32 Å². The van der Waals surface area contributed by atoms with E-state index in [2.05, 4.69) is 5.32 Å². The standard InChI is InChI=1S/C14H29NO2/c1-3-15-11-14(2,16)12-17-10-13-8-6-4-5-7-9-13/h13,15-16H,3-12H2,1-2H3. The molecule has 102 valence electrons. The van der Waals surface area contributed by atoms with Crippen molar-refractivity contribution < 1.29 is 9.84 Å². The average Bonchev–Trinajstić information content (AvgIpc) is 2.55. The maximum Gasteiger partial charge on any atom is 0.0975 e. The zero-order valence-electron chi connectivity index (χ0n) is 11.5. The van der Waals surface area contributed by atoms with Crippen LogP contribution in [-0.2, 0) is 4.74 Å². The third-order valence-electron chi connectivity index (χ3n) is 3.50. The SMILES string of the molecule is CCNCC(C)(O)COCC1CCCCCC1. The number of rotatable bonds is 7. The molecule has 1 fully saturated rings. The molecule has 0 aromatic heterocycles. The number of hydrogen-bond donors (Lipinski definition) is 2. The van der Waals surface area contributed by atoms with Crippen LogP contribution >= 0.6 is 0 Å². The highest BCUT2D eigenvalue weighted by Crippen LogP contribution is 2.23. The van der Waals surface area contributed by atoms with Crippen LogP contribution in [0.25, 0.3) is 0 Å². The first-order valence-corrected chi connectivity index (χ1v) is 7.15. The summed E-state index contributed by atoms with van der Waals surface area (Å²) in [4.78, 5) is 0. The van der Waals surface area contributed by atoms with Crippen molar-refractivity contribution in [2.75, 3.05) is 26.3 Å². The van der Waals surface area contributed by atoms with E-state index in [1.807, 2.05) is 13.8 Å². The van der Waals surface area contributed by atoms with Gasteiger partial charge in [0.2, 0.25) is 0 Å². The minimum Gasteiger partial charge on any atom is -0.386 e. The predicted molar refractivity (Wildman–Crippen MR) is 71.2 cm³/mol. The van der Waals surface area contributed by atoms with Crippen molar-refractivity contribution in [3.63, 3.8) is 0 Å². The van der Waals surface area contributed by atoms with Crippen LogP contribution in [0.2, 0.25) is 0 Å². The van der Waals surface area contributed by atoms with E-state index in [0.29, 0.717) is 19.1 Å². The zero-order valence-corrected chi connectivity index (χ0v) is 11.5. The number of hydrogen-bond acceptors (Lipinski definition) is 3. The van der Waals surface area contributed by atoms with Gasteiger partial charge in [0.05, 0.1) is 12.2 Å². The normalized spacial score (nSPS) is 22.1. The number of aliphatic hydroxyl groups is 1. The Balaban J connectivity index is 2.12. The van der Waals surface area contributed by atoms with Crippen molar-refractivity contribution in [2.45, 2.75) is 58.0 Å². The van der Waals surface area contributed by atoms with Crippen molar-refractivity contribution >= 4 is 0 Å². The van der Waals surface area contributed by atoms with Gasteiger partial charge in [0.25, 0.3) is 0 Å². The van der Waals surface area contributed by atoms with E-state index in [1.165, 1.54) is 38.5 Å². The molecule has 3 heteroatoms. The van der Waals surface area contributed by atoms with Gasteiger partial charge in [0.15, 0.2) is 0 Å². The molecule has 0 bridgehead atoms. The lowest BCUT2D eigenvalue weighted by atomic mass is 10.0. The fraction of sp³-hybridized carbons (Fsp3) is 1.00. The van der Waals surface area contributed by atoms with Gasteiger partial charge in [-0.25, -0.2) is 0 Å². The number of nitrogens with one attached hydrogen (secondary N) is 1. The van der Waals surface area contributed by atoms with E-state index >= 15 is 0 Å². The second kappa shape index (κ2) is 8.06. The quantitative estimate of drug-likeness (QED) is 0.674. The molecule has 0 aromatic carbocycles. The third kappa shape index (κ3) is 7.02. The molecule has 0 radical (unpaired) electrons. The Morgan fingerprint density at radius 3 is 2.47 bits per heavy atom. The summed E-state index contributed by atoms with van der Waals surface area (Å²) in [6, 6.07) is 0. The molecule has 17 heavy (non-hydrogen) atoms. The Labute approximate surface area is 106 Å². The van der Waals surface area contributed by atoms with Crippen LogP contribution in [-0.4, -0.2) is 37.0 Å². The van der Waals surface area contributed by atoms with Crippen LogP contribution < -0.4 is 5.32 Å². The molecular weight excluding hydrogens is 214 g/mol. The Morgan fingerprint density at radius 1 is 1.24 bits per heavy atom. The molecule has 1 aliphatic rings. The molecule has 0 amide bonds. The van der Waals surface area contributed by atoms with Crippen molar-refractivity contribution in [2.24, 2.45) is 5.92 Å². The summed E-state index contributed by atoms with van der Waals surface area (Å²) in [6.07, 6.45) is 8.07. The van der Waals surface area contributed by atoms with Crippen LogP contribution in [0.3, 0.4) is 0 Å². The summed E-state index contributed by atoms with van der Waals surface area (Å²) in [5.74, 6) is 0.715. The summed E-state index contributed by atoms with van der Waals surface area (Å²) in [5, 5.41) is 13.2. The summed E-state index contributed by atoms with van der Waals surface area (Å²) in [6.45, 7) is 6.64. The molecule has 3 nitrogen and oxygen atoms in total. The minimum atomic E-state index is -0.735. The van der Waals surface area contributed by atoms with Crippen LogP contribution in [0.4, 0.5) is 0 Å². The van der Waals surface area contributed by atoms with Gasteiger partial charge in [-0.2, -0.15) is 0 Å². The Bertz CT molecular complexity index is 187. The van der Waals surface area contributed by atoms with Crippen molar-refractivity contribution in [3.8, 4) is 0 Å². The lowest BCUT2D eigenvalue weighted by Crippen LogP contribution is -2.42. The maximum atomic E-state index is 10.0. The first-order valence-electron chi connectivity index (χ1n) is 7.15. The molecule has 1 atom stereocenters. The topological polar surface area (TPSA) is 41.5 Å². The van der Waals surface area contributed by atoms with Crippen LogP contribution in [0.15, 0.2) is 0 Å². The van der Waals surface area contributed by atoms with Gasteiger partial charge in [0.1, 0.15) is 0 Å².